The molecule has 0 atom stereocenters. The largest absolute Gasteiger partial charge is 0.303 e. The third kappa shape index (κ3) is 1.90. The fraction of sp³-hybridized carbons (Fsp3) is 0.111. The number of carbonyl (C=O) groups excluding carboxylic acids is 2. The van der Waals surface area contributed by atoms with E-state index in [4.69, 9.17) is 0 Å². The Morgan fingerprint density at radius 3 is 1.62 bits per heavy atom. The van der Waals surface area contributed by atoms with E-state index in [1.165, 1.54) is 22.7 Å². The maximum absolute atomic E-state index is 13.0. The lowest BCUT2D eigenvalue weighted by molar-refractivity contribution is -0.114. The molecular formula is C18H14N2O2S2. The normalized spacial score (nSPS) is 19.0. The molecule has 0 fully saturated rings. The number of rotatable bonds is 4. The third-order valence-electron chi connectivity index (χ3n) is 4.12. The average molecular weight is 354 g/mol. The van der Waals surface area contributed by atoms with Crippen molar-refractivity contribution in [2.24, 2.45) is 0 Å². The summed E-state index contributed by atoms with van der Waals surface area (Å²) in [5.41, 5.74) is 2.75. The number of anilines is 2. The van der Waals surface area contributed by atoms with Gasteiger partial charge in [-0.1, -0.05) is 12.2 Å². The van der Waals surface area contributed by atoms with Gasteiger partial charge in [0.05, 0.1) is 32.3 Å². The summed E-state index contributed by atoms with van der Waals surface area (Å²) in [6, 6.07) is 3.84. The Kier molecular flexibility index (Phi) is 3.51. The zero-order chi connectivity index (χ0) is 16.8. The minimum Gasteiger partial charge on any atom is -0.303 e. The highest BCUT2D eigenvalue weighted by Crippen LogP contribution is 2.49. The van der Waals surface area contributed by atoms with Gasteiger partial charge in [0.15, 0.2) is 0 Å². The molecule has 0 aromatic carbocycles. The van der Waals surface area contributed by atoms with Crippen molar-refractivity contribution in [1.29, 1.82) is 0 Å². The number of amides is 2. The van der Waals surface area contributed by atoms with E-state index in [1.807, 2.05) is 22.9 Å². The fourth-order valence-electron chi connectivity index (χ4n) is 3.15. The highest BCUT2D eigenvalue weighted by Gasteiger charge is 2.42. The lowest BCUT2D eigenvalue weighted by Crippen LogP contribution is -2.29. The number of fused-ring (bicyclic) bond motifs is 2. The van der Waals surface area contributed by atoms with Crippen LogP contribution in [0.3, 0.4) is 0 Å². The van der Waals surface area contributed by atoms with Crippen LogP contribution < -0.4 is 9.80 Å². The quantitative estimate of drug-likeness (QED) is 0.619. The summed E-state index contributed by atoms with van der Waals surface area (Å²) < 4.78 is 0. The molecule has 2 amide bonds. The second kappa shape index (κ2) is 5.58. The molecule has 0 unspecified atom stereocenters. The summed E-state index contributed by atoms with van der Waals surface area (Å²) in [4.78, 5) is 31.1. The molecular weight excluding hydrogens is 340 g/mol. The number of hydrogen-bond donors (Lipinski definition) is 0. The predicted octanol–water partition coefficient (Wildman–Crippen LogP) is 3.79. The van der Waals surface area contributed by atoms with Gasteiger partial charge in [-0.2, -0.15) is 0 Å². The monoisotopic (exact) mass is 354 g/mol. The van der Waals surface area contributed by atoms with Gasteiger partial charge < -0.3 is 9.80 Å². The van der Waals surface area contributed by atoms with Crippen molar-refractivity contribution in [2.75, 3.05) is 22.9 Å². The van der Waals surface area contributed by atoms with E-state index in [9.17, 15) is 9.59 Å². The summed E-state index contributed by atoms with van der Waals surface area (Å²) in [6.07, 6.45) is 3.40. The van der Waals surface area contributed by atoms with Crippen molar-refractivity contribution in [3.63, 3.8) is 0 Å². The topological polar surface area (TPSA) is 40.6 Å². The molecule has 6 heteroatoms. The van der Waals surface area contributed by atoms with Crippen LogP contribution in [0.1, 0.15) is 9.75 Å². The van der Waals surface area contributed by atoms with Crippen LogP contribution in [-0.2, 0) is 9.59 Å². The van der Waals surface area contributed by atoms with Crippen molar-refractivity contribution >= 4 is 57.0 Å². The van der Waals surface area contributed by atoms with Crippen LogP contribution in [0.25, 0.3) is 11.1 Å². The number of nitrogens with zero attached hydrogens (tertiary/aromatic N) is 2. The van der Waals surface area contributed by atoms with Crippen molar-refractivity contribution in [1.82, 2.24) is 0 Å². The van der Waals surface area contributed by atoms with Gasteiger partial charge in [0, 0.05) is 13.1 Å². The fourth-order valence-corrected chi connectivity index (χ4v) is 5.03. The van der Waals surface area contributed by atoms with E-state index in [-0.39, 0.29) is 11.8 Å². The molecule has 2 aliphatic rings. The Labute approximate surface area is 147 Å². The van der Waals surface area contributed by atoms with Crippen LogP contribution >= 0.6 is 22.7 Å². The standard InChI is InChI=1S/C18H14N2O2S2/c1-3-7-19-11-5-9-23-15(11)13(17(19)21)14-16-12(6-10-24-16)20(8-4-2)18(14)22/h3-6,9-10H,1-2,7-8H2. The van der Waals surface area contributed by atoms with E-state index in [1.54, 1.807) is 22.0 Å². The molecule has 2 aromatic rings. The first-order chi connectivity index (χ1) is 11.7. The second-order valence-electron chi connectivity index (χ2n) is 5.43. The van der Waals surface area contributed by atoms with E-state index in [0.717, 1.165) is 21.1 Å². The van der Waals surface area contributed by atoms with Crippen LogP contribution in [0.15, 0.2) is 48.2 Å². The smallest absolute Gasteiger partial charge is 0.260 e. The molecule has 120 valence electrons. The summed E-state index contributed by atoms with van der Waals surface area (Å²) in [5.74, 6) is -0.250. The Hall–Kier alpha value is -2.44. The van der Waals surface area contributed by atoms with Crippen LogP contribution in [-0.4, -0.2) is 24.9 Å². The second-order valence-corrected chi connectivity index (χ2v) is 7.26. The van der Waals surface area contributed by atoms with Crippen LogP contribution in [0.5, 0.6) is 0 Å². The maximum Gasteiger partial charge on any atom is 0.260 e. The highest BCUT2D eigenvalue weighted by molar-refractivity contribution is 7.14. The highest BCUT2D eigenvalue weighted by atomic mass is 32.1. The number of hydrogen-bond acceptors (Lipinski definition) is 4. The van der Waals surface area contributed by atoms with Crippen LogP contribution in [0.2, 0.25) is 0 Å². The summed E-state index contributed by atoms with van der Waals surface area (Å²) in [5, 5.41) is 3.90. The van der Waals surface area contributed by atoms with Gasteiger partial charge in [-0.3, -0.25) is 9.59 Å². The van der Waals surface area contributed by atoms with Crippen LogP contribution in [0.4, 0.5) is 11.4 Å². The molecule has 0 spiro atoms. The van der Waals surface area contributed by atoms with Gasteiger partial charge in [-0.15, -0.1) is 35.8 Å². The first-order valence-electron chi connectivity index (χ1n) is 7.44. The van der Waals surface area contributed by atoms with E-state index >= 15 is 0 Å². The van der Waals surface area contributed by atoms with Gasteiger partial charge in [-0.25, -0.2) is 0 Å². The Bertz CT molecular complexity index is 845. The van der Waals surface area contributed by atoms with Gasteiger partial charge in [0.25, 0.3) is 11.8 Å². The Balaban J connectivity index is 1.95. The molecule has 0 N–H and O–H groups in total. The molecule has 4 rings (SSSR count). The molecule has 2 aliphatic heterocycles. The molecule has 4 nitrogen and oxygen atoms in total. The molecule has 4 heterocycles. The van der Waals surface area contributed by atoms with E-state index in [0.29, 0.717) is 24.2 Å². The number of thiophene rings is 2. The molecule has 0 radical (unpaired) electrons. The van der Waals surface area contributed by atoms with Crippen molar-refractivity contribution in [3.8, 4) is 0 Å². The Morgan fingerprint density at radius 1 is 0.833 bits per heavy atom. The van der Waals surface area contributed by atoms with Crippen molar-refractivity contribution in [2.45, 2.75) is 0 Å². The molecule has 2 aromatic heterocycles. The zero-order valence-electron chi connectivity index (χ0n) is 12.8. The summed E-state index contributed by atoms with van der Waals surface area (Å²) in [6.45, 7) is 8.32. The molecule has 0 bridgehead atoms. The SMILES string of the molecule is C=CCN1C(=O)C(=C2C(=O)N(CC=C)c3ccsc32)c2sccc21. The summed E-state index contributed by atoms with van der Waals surface area (Å²) in [7, 11) is 0. The van der Waals surface area contributed by atoms with Gasteiger partial charge in [-0.05, 0) is 22.9 Å². The van der Waals surface area contributed by atoms with Crippen molar-refractivity contribution < 1.29 is 9.59 Å². The lowest BCUT2D eigenvalue weighted by atomic mass is 10.1. The Morgan fingerprint density at radius 2 is 1.25 bits per heavy atom. The predicted molar refractivity (Wildman–Crippen MR) is 101 cm³/mol. The summed E-state index contributed by atoms with van der Waals surface area (Å²) >= 11 is 2.99. The van der Waals surface area contributed by atoms with Crippen LogP contribution in [0, 0.1) is 0 Å². The third-order valence-corrected chi connectivity index (χ3v) is 5.96. The molecule has 0 saturated heterocycles. The molecule has 0 saturated carbocycles. The van der Waals surface area contributed by atoms with Gasteiger partial charge in [0.1, 0.15) is 0 Å². The zero-order valence-corrected chi connectivity index (χ0v) is 14.5. The minimum absolute atomic E-state index is 0.125. The maximum atomic E-state index is 13.0. The van der Waals surface area contributed by atoms with Gasteiger partial charge >= 0.3 is 0 Å². The molecule has 0 aliphatic carbocycles. The number of carbonyl (C=O) groups is 2. The minimum atomic E-state index is -0.125. The lowest BCUT2D eigenvalue weighted by Gasteiger charge is -2.14. The van der Waals surface area contributed by atoms with E-state index < -0.39 is 0 Å². The first-order valence-corrected chi connectivity index (χ1v) is 9.20. The first kappa shape index (κ1) is 15.1. The van der Waals surface area contributed by atoms with Crippen molar-refractivity contribution in [3.05, 3.63) is 58.0 Å². The average Bonchev–Trinajstić information content (AvgIpc) is 3.30. The van der Waals surface area contributed by atoms with Gasteiger partial charge in [0.2, 0.25) is 0 Å². The van der Waals surface area contributed by atoms with E-state index in [2.05, 4.69) is 13.2 Å². The molecule has 24 heavy (non-hydrogen) atoms.